The van der Waals surface area contributed by atoms with Crippen LogP contribution in [0.15, 0.2) is 77.0 Å². The summed E-state index contributed by atoms with van der Waals surface area (Å²) in [5.41, 5.74) is 1.87. The summed E-state index contributed by atoms with van der Waals surface area (Å²) in [5.74, 6) is -1.47. The van der Waals surface area contributed by atoms with Crippen LogP contribution in [0.25, 0.3) is 10.9 Å². The fraction of sp³-hybridized carbons (Fsp3) is 0.148. The third-order valence-corrected chi connectivity index (χ3v) is 6.14. The highest BCUT2D eigenvalue weighted by Gasteiger charge is 2.36. The van der Waals surface area contributed by atoms with E-state index in [9.17, 15) is 19.5 Å². The van der Waals surface area contributed by atoms with Gasteiger partial charge in [0.15, 0.2) is 5.69 Å². The Morgan fingerprint density at radius 2 is 1.67 bits per heavy atom. The number of carbonyl (C=O) groups excluding carboxylic acids is 3. The van der Waals surface area contributed by atoms with Crippen LogP contribution in [0.4, 0.5) is 11.4 Å². The summed E-state index contributed by atoms with van der Waals surface area (Å²) >= 11 is 6.16. The van der Waals surface area contributed by atoms with E-state index in [2.05, 4.69) is 10.2 Å². The highest BCUT2D eigenvalue weighted by Crippen LogP contribution is 2.40. The zero-order valence-electron chi connectivity index (χ0n) is 19.5. The van der Waals surface area contributed by atoms with Crippen molar-refractivity contribution in [3.8, 4) is 5.88 Å². The average molecular weight is 501 g/mol. The summed E-state index contributed by atoms with van der Waals surface area (Å²) < 4.78 is 1.71. The molecule has 0 unspecified atom stereocenters. The molecule has 180 valence electrons. The Morgan fingerprint density at radius 3 is 2.33 bits per heavy atom. The number of fused-ring (bicyclic) bond motifs is 2. The number of nitrogens with zero attached hydrogens (tertiary/aromatic N) is 4. The Labute approximate surface area is 211 Å². The topological polar surface area (TPSA) is 104 Å². The first-order chi connectivity index (χ1) is 17.3. The first kappa shape index (κ1) is 23.4. The zero-order chi connectivity index (χ0) is 25.6. The standard InChI is InChI=1S/C27H21ClN4O4/c1-15(2)14-31-22-11-10-17(28)13-21(22)23(27(31)36)29-30-24(33)16-6-5-7-18(12-16)32-25(34)19-8-3-4-9-20(19)26(32)35/h3-13,15,36H,14H2,1-2H3. The van der Waals surface area contributed by atoms with Crippen LogP contribution in [0.5, 0.6) is 5.88 Å². The number of aromatic nitrogens is 1. The van der Waals surface area contributed by atoms with Gasteiger partial charge in [0.1, 0.15) is 0 Å². The lowest BCUT2D eigenvalue weighted by atomic mass is 10.1. The Bertz CT molecular complexity index is 1550. The van der Waals surface area contributed by atoms with Crippen LogP contribution < -0.4 is 4.90 Å². The number of amides is 3. The number of halogens is 1. The van der Waals surface area contributed by atoms with Crippen molar-refractivity contribution in [1.82, 2.24) is 4.57 Å². The fourth-order valence-electron chi connectivity index (χ4n) is 4.30. The molecule has 0 saturated heterocycles. The number of anilines is 1. The average Bonchev–Trinajstić information content (AvgIpc) is 3.27. The smallest absolute Gasteiger partial charge is 0.295 e. The molecular weight excluding hydrogens is 480 g/mol. The van der Waals surface area contributed by atoms with Gasteiger partial charge in [0.25, 0.3) is 17.7 Å². The maximum absolute atomic E-state index is 12.9. The van der Waals surface area contributed by atoms with Gasteiger partial charge in [-0.3, -0.25) is 14.4 Å². The largest absolute Gasteiger partial charge is 0.493 e. The number of carbonyl (C=O) groups is 3. The van der Waals surface area contributed by atoms with Gasteiger partial charge in [0, 0.05) is 22.5 Å². The summed E-state index contributed by atoms with van der Waals surface area (Å²) in [4.78, 5) is 39.5. The van der Waals surface area contributed by atoms with Crippen LogP contribution in [0, 0.1) is 5.92 Å². The number of hydrogen-bond donors (Lipinski definition) is 1. The number of aromatic hydroxyl groups is 1. The second-order valence-corrected chi connectivity index (χ2v) is 9.32. The molecule has 8 nitrogen and oxygen atoms in total. The molecule has 1 aromatic heterocycles. The van der Waals surface area contributed by atoms with Gasteiger partial charge in [-0.05, 0) is 54.4 Å². The van der Waals surface area contributed by atoms with Crippen LogP contribution in [0.3, 0.4) is 0 Å². The molecule has 0 aliphatic carbocycles. The van der Waals surface area contributed by atoms with Crippen LogP contribution in [-0.4, -0.2) is 27.4 Å². The van der Waals surface area contributed by atoms with Gasteiger partial charge in [-0.2, -0.15) is 0 Å². The summed E-state index contributed by atoms with van der Waals surface area (Å²) in [6.07, 6.45) is 0. The Balaban J connectivity index is 1.47. The van der Waals surface area contributed by atoms with Gasteiger partial charge in [0.2, 0.25) is 5.88 Å². The summed E-state index contributed by atoms with van der Waals surface area (Å²) in [6, 6.07) is 17.8. The van der Waals surface area contributed by atoms with E-state index in [1.54, 1.807) is 59.2 Å². The van der Waals surface area contributed by atoms with E-state index in [0.29, 0.717) is 28.1 Å². The molecule has 5 rings (SSSR count). The molecule has 1 N–H and O–H groups in total. The zero-order valence-corrected chi connectivity index (χ0v) is 20.2. The molecule has 0 atom stereocenters. The number of benzene rings is 3. The van der Waals surface area contributed by atoms with E-state index in [0.717, 1.165) is 10.4 Å². The highest BCUT2D eigenvalue weighted by atomic mass is 35.5. The van der Waals surface area contributed by atoms with Crippen molar-refractivity contribution in [2.24, 2.45) is 16.1 Å². The lowest BCUT2D eigenvalue weighted by Gasteiger charge is -2.14. The molecule has 1 aliphatic heterocycles. The van der Waals surface area contributed by atoms with E-state index in [1.165, 1.54) is 12.1 Å². The quantitative estimate of drug-likeness (QED) is 0.253. The molecule has 0 bridgehead atoms. The van der Waals surface area contributed by atoms with E-state index in [4.69, 9.17) is 11.6 Å². The van der Waals surface area contributed by atoms with Crippen molar-refractivity contribution < 1.29 is 19.5 Å². The third kappa shape index (κ3) is 3.95. The minimum absolute atomic E-state index is 0.114. The summed E-state index contributed by atoms with van der Waals surface area (Å²) in [7, 11) is 0. The number of rotatable bonds is 5. The molecule has 0 radical (unpaired) electrons. The maximum Gasteiger partial charge on any atom is 0.295 e. The van der Waals surface area contributed by atoms with E-state index < -0.39 is 17.7 Å². The first-order valence-corrected chi connectivity index (χ1v) is 11.7. The van der Waals surface area contributed by atoms with Crippen LogP contribution >= 0.6 is 11.6 Å². The molecule has 0 fully saturated rings. The van der Waals surface area contributed by atoms with Crippen molar-refractivity contribution in [1.29, 1.82) is 0 Å². The van der Waals surface area contributed by atoms with Crippen molar-refractivity contribution in [3.05, 3.63) is 88.4 Å². The fourth-order valence-corrected chi connectivity index (χ4v) is 4.47. The van der Waals surface area contributed by atoms with E-state index in [1.807, 2.05) is 13.8 Å². The van der Waals surface area contributed by atoms with Crippen molar-refractivity contribution in [2.45, 2.75) is 20.4 Å². The lowest BCUT2D eigenvalue weighted by Crippen LogP contribution is -2.29. The lowest BCUT2D eigenvalue weighted by molar-refractivity contribution is 0.0923. The molecule has 2 heterocycles. The Morgan fingerprint density at radius 1 is 0.972 bits per heavy atom. The third-order valence-electron chi connectivity index (χ3n) is 5.91. The van der Waals surface area contributed by atoms with Crippen molar-refractivity contribution in [3.63, 3.8) is 0 Å². The molecule has 0 saturated carbocycles. The molecule has 3 aromatic carbocycles. The van der Waals surface area contributed by atoms with Gasteiger partial charge < -0.3 is 9.67 Å². The van der Waals surface area contributed by atoms with Gasteiger partial charge in [0.05, 0.1) is 22.3 Å². The monoisotopic (exact) mass is 500 g/mol. The first-order valence-electron chi connectivity index (χ1n) is 11.3. The Kier molecular flexibility index (Phi) is 5.89. The second kappa shape index (κ2) is 9.05. The number of imide groups is 1. The van der Waals surface area contributed by atoms with Crippen LogP contribution in [-0.2, 0) is 6.54 Å². The minimum atomic E-state index is -0.695. The predicted octanol–water partition coefficient (Wildman–Crippen LogP) is 6.38. The number of hydrogen-bond acceptors (Lipinski definition) is 5. The number of azo groups is 1. The second-order valence-electron chi connectivity index (χ2n) is 8.88. The normalized spacial score (nSPS) is 13.4. The summed E-state index contributed by atoms with van der Waals surface area (Å²) in [6.45, 7) is 4.58. The van der Waals surface area contributed by atoms with Crippen LogP contribution in [0.2, 0.25) is 5.02 Å². The predicted molar refractivity (Wildman–Crippen MR) is 136 cm³/mol. The van der Waals surface area contributed by atoms with Crippen molar-refractivity contribution >= 4 is 51.6 Å². The van der Waals surface area contributed by atoms with E-state index >= 15 is 0 Å². The molecule has 1 aliphatic rings. The molecule has 36 heavy (non-hydrogen) atoms. The SMILES string of the molecule is CC(C)Cn1c(O)c(N=NC(=O)c2cccc(N3C(=O)c4ccccc4C3=O)c2)c2cc(Cl)ccc21. The van der Waals surface area contributed by atoms with Crippen LogP contribution in [0.1, 0.15) is 44.9 Å². The van der Waals surface area contributed by atoms with Gasteiger partial charge in [-0.15, -0.1) is 10.2 Å². The van der Waals surface area contributed by atoms with Gasteiger partial charge in [-0.25, -0.2) is 4.90 Å². The molecule has 9 heteroatoms. The Hall–Kier alpha value is -4.30. The molecule has 0 spiro atoms. The molecule has 4 aromatic rings. The van der Waals surface area contributed by atoms with Gasteiger partial charge >= 0.3 is 0 Å². The highest BCUT2D eigenvalue weighted by molar-refractivity contribution is 6.34. The maximum atomic E-state index is 12.9. The van der Waals surface area contributed by atoms with Crippen molar-refractivity contribution in [2.75, 3.05) is 4.90 Å². The summed E-state index contributed by atoms with van der Waals surface area (Å²) in [5, 5.41) is 19.8. The van der Waals surface area contributed by atoms with E-state index in [-0.39, 0.29) is 28.7 Å². The minimum Gasteiger partial charge on any atom is -0.493 e. The van der Waals surface area contributed by atoms with Gasteiger partial charge in [-0.1, -0.05) is 43.6 Å². The molecule has 3 amide bonds. The molecular formula is C27H21ClN4O4.